The number of hydrogen-bond acceptors (Lipinski definition) is 4. The number of carbonyl (C=O) groups excluding carboxylic acids is 1. The van der Waals surface area contributed by atoms with Gasteiger partial charge in [0, 0.05) is 16.1 Å². The number of anilines is 1. The number of rotatable bonds is 8. The van der Waals surface area contributed by atoms with E-state index >= 15 is 0 Å². The summed E-state index contributed by atoms with van der Waals surface area (Å²) in [6, 6.07) is 25.2. The van der Waals surface area contributed by atoms with E-state index in [2.05, 4.69) is 47.7 Å². The van der Waals surface area contributed by atoms with Crippen LogP contribution in [0, 0.1) is 0 Å². The molecule has 34 heavy (non-hydrogen) atoms. The van der Waals surface area contributed by atoms with Crippen molar-refractivity contribution >= 4 is 72.0 Å². The highest BCUT2D eigenvalue weighted by atomic mass is 79.9. The Morgan fingerprint density at radius 1 is 0.971 bits per heavy atom. The molecule has 5 nitrogen and oxygen atoms in total. The molecule has 0 aromatic heterocycles. The molecule has 4 rings (SSSR count). The van der Waals surface area contributed by atoms with Crippen molar-refractivity contribution in [2.75, 3.05) is 11.9 Å². The van der Waals surface area contributed by atoms with E-state index in [1.165, 1.54) is 0 Å². The third kappa shape index (κ3) is 6.38. The van der Waals surface area contributed by atoms with Gasteiger partial charge in [-0.1, -0.05) is 60.1 Å². The molecular weight excluding hydrogens is 582 g/mol. The van der Waals surface area contributed by atoms with Gasteiger partial charge in [0.15, 0.2) is 0 Å². The summed E-state index contributed by atoms with van der Waals surface area (Å²) in [5.74, 6) is 0.431. The Hall–Kier alpha value is -2.87. The van der Waals surface area contributed by atoms with E-state index in [1.807, 2.05) is 78.9 Å². The molecule has 1 amide bonds. The van der Waals surface area contributed by atoms with Gasteiger partial charge < -0.3 is 10.1 Å². The van der Waals surface area contributed by atoms with Gasteiger partial charge in [-0.3, -0.25) is 4.79 Å². The van der Waals surface area contributed by atoms with Gasteiger partial charge in [0.05, 0.1) is 21.7 Å². The predicted octanol–water partition coefficient (Wildman–Crippen LogP) is 7.16. The molecule has 0 fully saturated rings. The molecule has 8 heteroatoms. The number of hydrazone groups is 1. The summed E-state index contributed by atoms with van der Waals surface area (Å²) < 4.78 is 7.47. The Bertz CT molecular complexity index is 1320. The van der Waals surface area contributed by atoms with Crippen molar-refractivity contribution in [3.05, 3.63) is 104 Å². The number of halogens is 3. The normalized spacial score (nSPS) is 11.0. The number of fused-ring (bicyclic) bond motifs is 1. The number of ether oxygens (including phenoxy) is 1. The third-order valence-electron chi connectivity index (χ3n) is 4.95. The Morgan fingerprint density at radius 2 is 1.68 bits per heavy atom. The standard InChI is InChI=1S/C26H20Br2ClN3O2/c27-22-12-18(13-23(28)26(22)34-16-17-8-10-20(29)11-9-17)14-31-32-25(33)15-30-24-7-3-5-19-4-1-2-6-21(19)24/h1-14,30H,15-16H2,(H,32,33)/b31-14-. The SMILES string of the molecule is O=C(CNc1cccc2ccccc12)N/N=C\c1cc(Br)c(OCc2ccc(Cl)cc2)c(Br)c1. The lowest BCUT2D eigenvalue weighted by Crippen LogP contribution is -2.25. The second-order valence-corrected chi connectivity index (χ2v) is 9.55. The Balaban J connectivity index is 1.32. The van der Waals surface area contributed by atoms with Crippen molar-refractivity contribution in [1.82, 2.24) is 5.43 Å². The van der Waals surface area contributed by atoms with Crippen molar-refractivity contribution in [1.29, 1.82) is 0 Å². The van der Waals surface area contributed by atoms with E-state index in [9.17, 15) is 4.79 Å². The molecular formula is C26H20Br2ClN3O2. The fourth-order valence-electron chi connectivity index (χ4n) is 3.30. The fourth-order valence-corrected chi connectivity index (χ4v) is 4.88. The number of amides is 1. The molecule has 0 aliphatic rings. The highest BCUT2D eigenvalue weighted by Crippen LogP contribution is 2.35. The number of nitrogens with zero attached hydrogens (tertiary/aromatic N) is 1. The maximum absolute atomic E-state index is 12.2. The minimum Gasteiger partial charge on any atom is -0.487 e. The summed E-state index contributed by atoms with van der Waals surface area (Å²) in [6.45, 7) is 0.512. The van der Waals surface area contributed by atoms with Gasteiger partial charge in [-0.2, -0.15) is 5.10 Å². The van der Waals surface area contributed by atoms with Crippen molar-refractivity contribution in [2.24, 2.45) is 5.10 Å². The van der Waals surface area contributed by atoms with E-state index in [4.69, 9.17) is 16.3 Å². The maximum atomic E-state index is 12.2. The first kappa shape index (κ1) is 24.3. The molecule has 0 saturated heterocycles. The lowest BCUT2D eigenvalue weighted by Gasteiger charge is -2.11. The molecule has 4 aromatic carbocycles. The molecule has 172 valence electrons. The van der Waals surface area contributed by atoms with Crippen LogP contribution < -0.4 is 15.5 Å². The molecule has 0 heterocycles. The summed E-state index contributed by atoms with van der Waals surface area (Å²) >= 11 is 13.0. The largest absolute Gasteiger partial charge is 0.487 e. The first-order chi connectivity index (χ1) is 16.5. The Labute approximate surface area is 219 Å². The van der Waals surface area contributed by atoms with Crippen LogP contribution >= 0.6 is 43.5 Å². The molecule has 0 aliphatic heterocycles. The Morgan fingerprint density at radius 3 is 2.44 bits per heavy atom. The monoisotopic (exact) mass is 599 g/mol. The van der Waals surface area contributed by atoms with Crippen molar-refractivity contribution < 1.29 is 9.53 Å². The molecule has 0 saturated carbocycles. The van der Waals surface area contributed by atoms with Crippen LogP contribution in [0.5, 0.6) is 5.75 Å². The molecule has 0 radical (unpaired) electrons. The highest BCUT2D eigenvalue weighted by molar-refractivity contribution is 9.11. The number of carbonyl (C=O) groups is 1. The zero-order valence-corrected chi connectivity index (χ0v) is 21.8. The first-order valence-corrected chi connectivity index (χ1v) is 12.4. The fraction of sp³-hybridized carbons (Fsp3) is 0.0769. The molecule has 2 N–H and O–H groups in total. The highest BCUT2D eigenvalue weighted by Gasteiger charge is 2.09. The predicted molar refractivity (Wildman–Crippen MR) is 146 cm³/mol. The van der Waals surface area contributed by atoms with E-state index < -0.39 is 0 Å². The van der Waals surface area contributed by atoms with Gasteiger partial charge in [0.2, 0.25) is 0 Å². The van der Waals surface area contributed by atoms with Crippen LogP contribution in [0.4, 0.5) is 5.69 Å². The quantitative estimate of drug-likeness (QED) is 0.166. The van der Waals surface area contributed by atoms with Crippen LogP contribution in [0.15, 0.2) is 92.9 Å². The van der Waals surface area contributed by atoms with Gasteiger partial charge in [-0.25, -0.2) is 5.43 Å². The van der Waals surface area contributed by atoms with Gasteiger partial charge >= 0.3 is 0 Å². The third-order valence-corrected chi connectivity index (χ3v) is 6.38. The summed E-state index contributed by atoms with van der Waals surface area (Å²) in [5, 5.41) is 10.1. The lowest BCUT2D eigenvalue weighted by atomic mass is 10.1. The maximum Gasteiger partial charge on any atom is 0.259 e. The van der Waals surface area contributed by atoms with Crippen molar-refractivity contribution in [2.45, 2.75) is 6.61 Å². The van der Waals surface area contributed by atoms with E-state index in [0.29, 0.717) is 17.4 Å². The minimum atomic E-state index is -0.245. The van der Waals surface area contributed by atoms with E-state index in [0.717, 1.165) is 36.5 Å². The number of hydrogen-bond donors (Lipinski definition) is 2. The Kier molecular flexibility index (Phi) is 8.21. The molecule has 0 aliphatic carbocycles. The summed E-state index contributed by atoms with van der Waals surface area (Å²) in [7, 11) is 0. The average molecular weight is 602 g/mol. The second kappa shape index (κ2) is 11.5. The first-order valence-electron chi connectivity index (χ1n) is 10.4. The summed E-state index contributed by atoms with van der Waals surface area (Å²) in [5.41, 5.74) is 5.25. The topological polar surface area (TPSA) is 62.7 Å². The van der Waals surface area contributed by atoms with E-state index in [1.54, 1.807) is 6.21 Å². The zero-order valence-electron chi connectivity index (χ0n) is 17.9. The molecule has 0 spiro atoms. The van der Waals surface area contributed by atoms with Gasteiger partial charge in [-0.15, -0.1) is 0 Å². The van der Waals surface area contributed by atoms with Gasteiger partial charge in [-0.05, 0) is 78.7 Å². The smallest absolute Gasteiger partial charge is 0.259 e. The second-order valence-electron chi connectivity index (χ2n) is 7.40. The molecule has 0 unspecified atom stereocenters. The molecule has 0 atom stereocenters. The van der Waals surface area contributed by atoms with Crippen molar-refractivity contribution in [3.63, 3.8) is 0 Å². The van der Waals surface area contributed by atoms with E-state index in [-0.39, 0.29) is 12.5 Å². The van der Waals surface area contributed by atoms with Crippen LogP contribution in [0.3, 0.4) is 0 Å². The summed E-state index contributed by atoms with van der Waals surface area (Å²) in [6.07, 6.45) is 1.58. The zero-order chi connectivity index (χ0) is 23.9. The van der Waals surface area contributed by atoms with Crippen LogP contribution in [0.1, 0.15) is 11.1 Å². The summed E-state index contributed by atoms with van der Waals surface area (Å²) in [4.78, 5) is 12.2. The van der Waals surface area contributed by atoms with Crippen LogP contribution in [-0.4, -0.2) is 18.7 Å². The van der Waals surface area contributed by atoms with Gasteiger partial charge in [0.1, 0.15) is 12.4 Å². The number of nitrogens with one attached hydrogen (secondary N) is 2. The average Bonchev–Trinajstić information content (AvgIpc) is 2.83. The van der Waals surface area contributed by atoms with Crippen LogP contribution in [0.25, 0.3) is 10.8 Å². The van der Waals surface area contributed by atoms with Crippen molar-refractivity contribution in [3.8, 4) is 5.75 Å². The van der Waals surface area contributed by atoms with Crippen LogP contribution in [-0.2, 0) is 11.4 Å². The van der Waals surface area contributed by atoms with Gasteiger partial charge in [0.25, 0.3) is 5.91 Å². The molecule has 4 aromatic rings. The molecule has 0 bridgehead atoms. The minimum absolute atomic E-state index is 0.107. The number of benzene rings is 4. The lowest BCUT2D eigenvalue weighted by molar-refractivity contribution is -0.119. The van der Waals surface area contributed by atoms with Crippen LogP contribution in [0.2, 0.25) is 5.02 Å².